The lowest BCUT2D eigenvalue weighted by atomic mass is 10.1. The zero-order valence-electron chi connectivity index (χ0n) is 14.2. The first-order valence-corrected chi connectivity index (χ1v) is 8.51. The lowest BCUT2D eigenvalue weighted by Gasteiger charge is -2.10. The molecule has 0 bridgehead atoms. The highest BCUT2D eigenvalue weighted by atomic mass is 16.5. The Kier molecular flexibility index (Phi) is 4.48. The van der Waals surface area contributed by atoms with E-state index in [1.54, 1.807) is 0 Å². The zero-order chi connectivity index (χ0) is 17.8. The summed E-state index contributed by atoms with van der Waals surface area (Å²) in [5.41, 5.74) is 2.49. The Bertz CT molecular complexity index is 1020. The SMILES string of the molecule is O=C(Cn1c(COc2ccccc2)nc2ccccc21)c1ccccc1. The number of para-hydroxylation sites is 3. The number of rotatable bonds is 6. The second-order valence-electron chi connectivity index (χ2n) is 5.99. The zero-order valence-corrected chi connectivity index (χ0v) is 14.2. The topological polar surface area (TPSA) is 44.1 Å². The largest absolute Gasteiger partial charge is 0.486 e. The summed E-state index contributed by atoms with van der Waals surface area (Å²) < 4.78 is 7.79. The number of benzene rings is 3. The van der Waals surface area contributed by atoms with E-state index in [0.29, 0.717) is 12.2 Å². The molecule has 0 saturated heterocycles. The molecule has 0 aliphatic carbocycles. The average molecular weight is 342 g/mol. The van der Waals surface area contributed by atoms with Crippen molar-refractivity contribution in [3.8, 4) is 5.75 Å². The number of ketones is 1. The van der Waals surface area contributed by atoms with Crippen molar-refractivity contribution in [1.82, 2.24) is 9.55 Å². The molecule has 0 atom stereocenters. The summed E-state index contributed by atoms with van der Waals surface area (Å²) in [7, 11) is 0. The number of Topliss-reactive ketones (excluding diaryl/α,β-unsaturated/α-hetero) is 1. The molecule has 0 spiro atoms. The van der Waals surface area contributed by atoms with Gasteiger partial charge in [-0.2, -0.15) is 0 Å². The van der Waals surface area contributed by atoms with Gasteiger partial charge in [-0.3, -0.25) is 4.79 Å². The van der Waals surface area contributed by atoms with Gasteiger partial charge in [0.25, 0.3) is 0 Å². The molecule has 1 aromatic heterocycles. The van der Waals surface area contributed by atoms with Crippen LogP contribution in [0.5, 0.6) is 5.75 Å². The summed E-state index contributed by atoms with van der Waals surface area (Å²) in [6.45, 7) is 0.540. The average Bonchev–Trinajstić information content (AvgIpc) is 3.05. The maximum absolute atomic E-state index is 12.7. The van der Waals surface area contributed by atoms with Crippen molar-refractivity contribution in [2.45, 2.75) is 13.2 Å². The molecule has 4 nitrogen and oxygen atoms in total. The standard InChI is InChI=1S/C22H18N2O2/c25-21(17-9-3-1-4-10-17)15-24-20-14-8-7-13-19(20)23-22(24)16-26-18-11-5-2-6-12-18/h1-14H,15-16H2. The Labute approximate surface area is 151 Å². The molecule has 0 aliphatic rings. The normalized spacial score (nSPS) is 10.8. The number of carbonyl (C=O) groups is 1. The van der Waals surface area contributed by atoms with Crippen LogP contribution in [0, 0.1) is 0 Å². The second-order valence-corrected chi connectivity index (χ2v) is 5.99. The summed E-state index contributed by atoms with van der Waals surface area (Å²) in [6, 6.07) is 26.8. The van der Waals surface area contributed by atoms with Gasteiger partial charge in [0.2, 0.25) is 0 Å². The minimum Gasteiger partial charge on any atom is -0.486 e. The summed E-state index contributed by atoms with van der Waals surface area (Å²) in [4.78, 5) is 17.4. The molecule has 0 N–H and O–H groups in total. The molecule has 4 aromatic rings. The molecule has 0 aliphatic heterocycles. The molecule has 4 heteroatoms. The molecule has 0 radical (unpaired) electrons. The predicted octanol–water partition coefficient (Wildman–Crippen LogP) is 4.50. The first-order chi connectivity index (χ1) is 12.8. The quantitative estimate of drug-likeness (QED) is 0.485. The van der Waals surface area contributed by atoms with Crippen LogP contribution in [0.4, 0.5) is 0 Å². The Morgan fingerprint density at radius 1 is 0.846 bits per heavy atom. The molecule has 128 valence electrons. The second kappa shape index (κ2) is 7.23. The van der Waals surface area contributed by atoms with Gasteiger partial charge in [0, 0.05) is 5.56 Å². The number of fused-ring (bicyclic) bond motifs is 1. The van der Waals surface area contributed by atoms with Crippen LogP contribution in [0.25, 0.3) is 11.0 Å². The Morgan fingerprint density at radius 3 is 2.27 bits per heavy atom. The third-order valence-corrected chi connectivity index (χ3v) is 4.24. The first kappa shape index (κ1) is 16.1. The van der Waals surface area contributed by atoms with E-state index in [0.717, 1.165) is 22.6 Å². The highest BCUT2D eigenvalue weighted by Crippen LogP contribution is 2.19. The van der Waals surface area contributed by atoms with E-state index in [9.17, 15) is 4.79 Å². The van der Waals surface area contributed by atoms with Crippen LogP contribution in [-0.4, -0.2) is 15.3 Å². The number of hydrogen-bond donors (Lipinski definition) is 0. The van der Waals surface area contributed by atoms with Crippen molar-refractivity contribution in [3.63, 3.8) is 0 Å². The fourth-order valence-electron chi connectivity index (χ4n) is 2.94. The van der Waals surface area contributed by atoms with Crippen molar-refractivity contribution in [2.75, 3.05) is 0 Å². The molecule has 3 aromatic carbocycles. The monoisotopic (exact) mass is 342 g/mol. The summed E-state index contributed by atoms with van der Waals surface area (Å²) in [6.07, 6.45) is 0. The van der Waals surface area contributed by atoms with Gasteiger partial charge in [-0.05, 0) is 24.3 Å². The molecular formula is C22H18N2O2. The van der Waals surface area contributed by atoms with Crippen molar-refractivity contribution >= 4 is 16.8 Å². The van der Waals surface area contributed by atoms with E-state index < -0.39 is 0 Å². The first-order valence-electron chi connectivity index (χ1n) is 8.51. The van der Waals surface area contributed by atoms with Gasteiger partial charge in [0.1, 0.15) is 18.2 Å². The third kappa shape index (κ3) is 3.35. The van der Waals surface area contributed by atoms with E-state index in [4.69, 9.17) is 4.74 Å². The van der Waals surface area contributed by atoms with E-state index in [1.165, 1.54) is 0 Å². The summed E-state index contributed by atoms with van der Waals surface area (Å²) in [5, 5.41) is 0. The van der Waals surface area contributed by atoms with Crippen LogP contribution >= 0.6 is 0 Å². The number of carbonyl (C=O) groups excluding carboxylic acids is 1. The molecule has 4 rings (SSSR count). The molecular weight excluding hydrogens is 324 g/mol. The van der Waals surface area contributed by atoms with Crippen molar-refractivity contribution in [2.24, 2.45) is 0 Å². The summed E-state index contributed by atoms with van der Waals surface area (Å²) >= 11 is 0. The minimum absolute atomic E-state index is 0.0507. The molecule has 0 saturated carbocycles. The van der Waals surface area contributed by atoms with Crippen molar-refractivity contribution in [1.29, 1.82) is 0 Å². The maximum Gasteiger partial charge on any atom is 0.182 e. The van der Waals surface area contributed by atoms with E-state index in [2.05, 4.69) is 4.98 Å². The number of ether oxygens (including phenoxy) is 1. The molecule has 0 unspecified atom stereocenters. The Morgan fingerprint density at radius 2 is 1.50 bits per heavy atom. The fourth-order valence-corrected chi connectivity index (χ4v) is 2.94. The number of aromatic nitrogens is 2. The van der Waals surface area contributed by atoms with Crippen LogP contribution < -0.4 is 4.74 Å². The molecule has 26 heavy (non-hydrogen) atoms. The van der Waals surface area contributed by atoms with E-state index in [1.807, 2.05) is 89.5 Å². The maximum atomic E-state index is 12.7. The van der Waals surface area contributed by atoms with Crippen LogP contribution in [0.2, 0.25) is 0 Å². The highest BCUT2D eigenvalue weighted by molar-refractivity contribution is 5.96. The molecule has 1 heterocycles. The fraction of sp³-hybridized carbons (Fsp3) is 0.0909. The Hall–Kier alpha value is -3.40. The number of nitrogens with zero attached hydrogens (tertiary/aromatic N) is 2. The smallest absolute Gasteiger partial charge is 0.182 e. The molecule has 0 fully saturated rings. The lowest BCUT2D eigenvalue weighted by Crippen LogP contribution is -2.14. The highest BCUT2D eigenvalue weighted by Gasteiger charge is 2.15. The van der Waals surface area contributed by atoms with Crippen LogP contribution in [0.3, 0.4) is 0 Å². The van der Waals surface area contributed by atoms with Gasteiger partial charge in [-0.15, -0.1) is 0 Å². The predicted molar refractivity (Wildman–Crippen MR) is 101 cm³/mol. The van der Waals surface area contributed by atoms with Crippen molar-refractivity contribution in [3.05, 3.63) is 96.3 Å². The van der Waals surface area contributed by atoms with E-state index >= 15 is 0 Å². The van der Waals surface area contributed by atoms with Gasteiger partial charge in [0.05, 0.1) is 17.6 Å². The van der Waals surface area contributed by atoms with E-state index in [-0.39, 0.29) is 12.3 Å². The minimum atomic E-state index is 0.0507. The van der Waals surface area contributed by atoms with Gasteiger partial charge >= 0.3 is 0 Å². The number of hydrogen-bond acceptors (Lipinski definition) is 3. The third-order valence-electron chi connectivity index (χ3n) is 4.24. The summed E-state index contributed by atoms with van der Waals surface area (Å²) in [5.74, 6) is 1.56. The van der Waals surface area contributed by atoms with Gasteiger partial charge in [-0.25, -0.2) is 4.98 Å². The van der Waals surface area contributed by atoms with Crippen LogP contribution in [0.1, 0.15) is 16.2 Å². The lowest BCUT2D eigenvalue weighted by molar-refractivity contribution is 0.0971. The number of imidazole rings is 1. The van der Waals surface area contributed by atoms with Gasteiger partial charge in [0.15, 0.2) is 5.78 Å². The van der Waals surface area contributed by atoms with Crippen LogP contribution in [-0.2, 0) is 13.2 Å². The Balaban J connectivity index is 1.64. The van der Waals surface area contributed by atoms with Crippen LogP contribution in [0.15, 0.2) is 84.9 Å². The van der Waals surface area contributed by atoms with Crippen molar-refractivity contribution < 1.29 is 9.53 Å². The molecule has 0 amide bonds. The van der Waals surface area contributed by atoms with Gasteiger partial charge < -0.3 is 9.30 Å². The van der Waals surface area contributed by atoms with Gasteiger partial charge in [-0.1, -0.05) is 60.7 Å².